The molecule has 1 heterocycles. The van der Waals surface area contributed by atoms with Gasteiger partial charge in [-0.2, -0.15) is 5.10 Å². The van der Waals surface area contributed by atoms with Crippen molar-refractivity contribution in [3.63, 3.8) is 0 Å². The minimum atomic E-state index is -0.115. The van der Waals surface area contributed by atoms with Gasteiger partial charge >= 0.3 is 0 Å². The third-order valence-corrected chi connectivity index (χ3v) is 3.43. The number of ether oxygens (including phenoxy) is 1. The van der Waals surface area contributed by atoms with Gasteiger partial charge in [-0.15, -0.1) is 5.10 Å². The maximum atomic E-state index is 7.55. The molecule has 0 saturated heterocycles. The van der Waals surface area contributed by atoms with Crippen molar-refractivity contribution in [1.82, 2.24) is 10.2 Å². The number of nitrogens with two attached hydrogens (primary N) is 1. The van der Waals surface area contributed by atoms with Gasteiger partial charge in [0.1, 0.15) is 11.6 Å². The van der Waals surface area contributed by atoms with Crippen LogP contribution in [-0.2, 0) is 0 Å². The molecule has 0 unspecified atom stereocenters. The molecule has 110 valence electrons. The van der Waals surface area contributed by atoms with Crippen LogP contribution in [0.5, 0.6) is 11.6 Å². The van der Waals surface area contributed by atoms with E-state index in [2.05, 4.69) is 24.0 Å². The van der Waals surface area contributed by atoms with Crippen LogP contribution in [0.1, 0.15) is 36.5 Å². The van der Waals surface area contributed by atoms with Crippen molar-refractivity contribution in [3.05, 3.63) is 46.1 Å². The largest absolute Gasteiger partial charge is 0.437 e. The van der Waals surface area contributed by atoms with Gasteiger partial charge in [0.25, 0.3) is 0 Å². The van der Waals surface area contributed by atoms with Gasteiger partial charge < -0.3 is 10.5 Å². The summed E-state index contributed by atoms with van der Waals surface area (Å²) in [5.74, 6) is 1.00. The van der Waals surface area contributed by atoms with Crippen LogP contribution < -0.4 is 10.5 Å². The number of benzene rings is 1. The Morgan fingerprint density at radius 1 is 1.38 bits per heavy atom. The van der Waals surface area contributed by atoms with Gasteiger partial charge in [0, 0.05) is 5.02 Å². The first-order chi connectivity index (χ1) is 9.90. The van der Waals surface area contributed by atoms with Crippen LogP contribution in [0.2, 0.25) is 5.02 Å². The highest BCUT2D eigenvalue weighted by molar-refractivity contribution is 6.31. The molecule has 2 aromatic rings. The van der Waals surface area contributed by atoms with Gasteiger partial charge in [0.05, 0.1) is 11.8 Å². The Morgan fingerprint density at radius 3 is 2.71 bits per heavy atom. The lowest BCUT2D eigenvalue weighted by atomic mass is 10.0. The molecule has 0 bridgehead atoms. The summed E-state index contributed by atoms with van der Waals surface area (Å²) < 4.78 is 5.79. The lowest BCUT2D eigenvalue weighted by Crippen LogP contribution is -2.13. The van der Waals surface area contributed by atoms with Gasteiger partial charge in [-0.25, -0.2) is 0 Å². The maximum Gasteiger partial charge on any atom is 0.249 e. The van der Waals surface area contributed by atoms with Crippen molar-refractivity contribution in [3.8, 4) is 11.6 Å². The fourth-order valence-corrected chi connectivity index (χ4v) is 2.36. The number of amidine groups is 1. The smallest absolute Gasteiger partial charge is 0.249 e. The molecule has 1 aromatic heterocycles. The second kappa shape index (κ2) is 6.10. The van der Waals surface area contributed by atoms with Crippen LogP contribution in [0.3, 0.4) is 0 Å². The quantitative estimate of drug-likeness (QED) is 0.667. The fourth-order valence-electron chi connectivity index (χ4n) is 1.92. The Hall–Kier alpha value is -2.14. The lowest BCUT2D eigenvalue weighted by Gasteiger charge is -2.14. The number of aromatic nitrogens is 2. The summed E-state index contributed by atoms with van der Waals surface area (Å²) in [6.45, 7) is 6.02. The number of nitrogens with one attached hydrogen (secondary N) is 1. The highest BCUT2D eigenvalue weighted by Gasteiger charge is 2.14. The van der Waals surface area contributed by atoms with Crippen LogP contribution in [0.25, 0.3) is 0 Å². The minimum absolute atomic E-state index is 0.115. The molecule has 0 radical (unpaired) electrons. The Morgan fingerprint density at radius 2 is 2.10 bits per heavy atom. The standard InChI is InChI=1S/C15H17ClN4O/c1-8(2)11-7-13(9(3)6-12(11)16)21-15-10(14(17)18)4-5-19-20-15/h4-8H,1-3H3,(H3,17,18). The molecule has 0 amide bonds. The Labute approximate surface area is 128 Å². The van der Waals surface area contributed by atoms with Crippen LogP contribution >= 0.6 is 11.6 Å². The summed E-state index contributed by atoms with van der Waals surface area (Å²) >= 11 is 6.24. The Kier molecular flexibility index (Phi) is 4.43. The Bertz CT molecular complexity index is 685. The van der Waals surface area contributed by atoms with Crippen molar-refractivity contribution in [1.29, 1.82) is 5.41 Å². The molecular formula is C15H17ClN4O. The first-order valence-electron chi connectivity index (χ1n) is 6.54. The van der Waals surface area contributed by atoms with E-state index in [-0.39, 0.29) is 17.6 Å². The number of hydrogen-bond acceptors (Lipinski definition) is 4. The first-order valence-corrected chi connectivity index (χ1v) is 6.92. The monoisotopic (exact) mass is 304 g/mol. The molecule has 1 aromatic carbocycles. The van der Waals surface area contributed by atoms with E-state index in [9.17, 15) is 0 Å². The highest BCUT2D eigenvalue weighted by atomic mass is 35.5. The molecule has 0 saturated carbocycles. The first kappa shape index (κ1) is 15.3. The molecule has 2 rings (SSSR count). The predicted octanol–water partition coefficient (Wildman–Crippen LogP) is 3.64. The van der Waals surface area contributed by atoms with E-state index < -0.39 is 0 Å². The van der Waals surface area contributed by atoms with Crippen molar-refractivity contribution in [2.24, 2.45) is 5.73 Å². The number of hydrogen-bond donors (Lipinski definition) is 2. The van der Waals surface area contributed by atoms with E-state index in [1.807, 2.05) is 19.1 Å². The normalized spacial score (nSPS) is 10.7. The van der Waals surface area contributed by atoms with Crippen LogP contribution in [0.4, 0.5) is 0 Å². The molecule has 21 heavy (non-hydrogen) atoms. The van der Waals surface area contributed by atoms with Gasteiger partial charge in [-0.05, 0) is 42.2 Å². The summed E-state index contributed by atoms with van der Waals surface area (Å²) in [5, 5.41) is 15.9. The molecule has 0 aliphatic carbocycles. The van der Waals surface area contributed by atoms with Crippen LogP contribution in [0, 0.1) is 12.3 Å². The summed E-state index contributed by atoms with van der Waals surface area (Å²) in [6.07, 6.45) is 1.47. The number of rotatable bonds is 4. The van der Waals surface area contributed by atoms with Crippen molar-refractivity contribution < 1.29 is 4.74 Å². The van der Waals surface area contributed by atoms with Crippen LogP contribution in [0.15, 0.2) is 24.4 Å². The molecule has 0 aliphatic heterocycles. The molecule has 5 nitrogen and oxygen atoms in total. The van der Waals surface area contributed by atoms with Gasteiger partial charge in [-0.3, -0.25) is 5.41 Å². The number of halogens is 1. The summed E-state index contributed by atoms with van der Waals surface area (Å²) in [5.41, 5.74) is 7.80. The molecule has 0 spiro atoms. The molecular weight excluding hydrogens is 288 g/mol. The Balaban J connectivity index is 2.45. The van der Waals surface area contributed by atoms with E-state index in [1.165, 1.54) is 6.20 Å². The molecule has 0 fully saturated rings. The zero-order valence-corrected chi connectivity index (χ0v) is 12.9. The molecule has 0 atom stereocenters. The number of nitrogen functional groups attached to an aromatic ring is 1. The topological polar surface area (TPSA) is 84.9 Å². The minimum Gasteiger partial charge on any atom is -0.437 e. The maximum absolute atomic E-state index is 7.55. The zero-order valence-electron chi connectivity index (χ0n) is 12.1. The second-order valence-corrected chi connectivity index (χ2v) is 5.47. The van der Waals surface area contributed by atoms with Gasteiger partial charge in [0.15, 0.2) is 0 Å². The van der Waals surface area contributed by atoms with E-state index >= 15 is 0 Å². The SMILES string of the molecule is Cc1cc(Cl)c(C(C)C)cc1Oc1nnccc1C(=N)N. The summed E-state index contributed by atoms with van der Waals surface area (Å²) in [6, 6.07) is 5.34. The summed E-state index contributed by atoms with van der Waals surface area (Å²) in [7, 11) is 0. The molecule has 0 aliphatic rings. The van der Waals surface area contributed by atoms with E-state index in [4.69, 9.17) is 27.5 Å². The van der Waals surface area contributed by atoms with Gasteiger partial charge in [-0.1, -0.05) is 25.4 Å². The second-order valence-electron chi connectivity index (χ2n) is 5.06. The van der Waals surface area contributed by atoms with E-state index in [0.29, 0.717) is 16.3 Å². The number of nitrogens with zero attached hydrogens (tertiary/aromatic N) is 2. The van der Waals surface area contributed by atoms with Crippen molar-refractivity contribution >= 4 is 17.4 Å². The zero-order chi connectivity index (χ0) is 15.6. The van der Waals surface area contributed by atoms with Crippen molar-refractivity contribution in [2.75, 3.05) is 0 Å². The van der Waals surface area contributed by atoms with Crippen LogP contribution in [-0.4, -0.2) is 16.0 Å². The third kappa shape index (κ3) is 3.31. The average molecular weight is 305 g/mol. The predicted molar refractivity (Wildman–Crippen MR) is 83.4 cm³/mol. The highest BCUT2D eigenvalue weighted by Crippen LogP contribution is 2.33. The van der Waals surface area contributed by atoms with Crippen molar-refractivity contribution in [2.45, 2.75) is 26.7 Å². The average Bonchev–Trinajstić information content (AvgIpc) is 2.41. The number of aryl methyl sites for hydroxylation is 1. The third-order valence-electron chi connectivity index (χ3n) is 3.10. The van der Waals surface area contributed by atoms with E-state index in [0.717, 1.165) is 11.1 Å². The fraction of sp³-hybridized carbons (Fsp3) is 0.267. The van der Waals surface area contributed by atoms with E-state index in [1.54, 1.807) is 6.07 Å². The molecule has 3 N–H and O–H groups in total. The summed E-state index contributed by atoms with van der Waals surface area (Å²) in [4.78, 5) is 0. The molecule has 6 heteroatoms. The lowest BCUT2D eigenvalue weighted by molar-refractivity contribution is 0.449. The van der Waals surface area contributed by atoms with Gasteiger partial charge in [0.2, 0.25) is 5.88 Å².